The molecule has 1 heterocycles. The van der Waals surface area contributed by atoms with Crippen molar-refractivity contribution in [3.63, 3.8) is 0 Å². The number of phenols is 1. The van der Waals surface area contributed by atoms with Gasteiger partial charge in [0.25, 0.3) is 17.4 Å². The molecule has 0 aliphatic rings. The highest BCUT2D eigenvalue weighted by Crippen LogP contribution is 2.27. The van der Waals surface area contributed by atoms with E-state index < -0.39 is 16.6 Å². The molecule has 2 aromatic rings. The molecule has 24 heavy (non-hydrogen) atoms. The summed E-state index contributed by atoms with van der Waals surface area (Å²) in [5.74, 6) is -3.64. The number of pyridine rings is 1. The van der Waals surface area contributed by atoms with E-state index in [4.69, 9.17) is 0 Å². The molecule has 10 heteroatoms. The molecule has 1 amide bonds. The zero-order chi connectivity index (χ0) is 17.7. The van der Waals surface area contributed by atoms with Crippen molar-refractivity contribution in [2.24, 2.45) is 0 Å². The van der Waals surface area contributed by atoms with Crippen LogP contribution in [0.1, 0.15) is 15.9 Å². The molecule has 2 rings (SSSR count). The number of hydrogen-bond donors (Lipinski definition) is 2. The van der Waals surface area contributed by atoms with Crippen molar-refractivity contribution >= 4 is 23.4 Å². The van der Waals surface area contributed by atoms with Crippen LogP contribution in [0.15, 0.2) is 41.6 Å². The third kappa shape index (κ3) is 4.38. The quantitative estimate of drug-likeness (QED) is 0.469. The summed E-state index contributed by atoms with van der Waals surface area (Å²) in [5.41, 5.74) is -0.162. The van der Waals surface area contributed by atoms with Gasteiger partial charge in [-0.3, -0.25) is 14.9 Å². The molecule has 0 saturated carbocycles. The van der Waals surface area contributed by atoms with Crippen LogP contribution in [0.25, 0.3) is 0 Å². The van der Waals surface area contributed by atoms with Crippen LogP contribution < -0.4 is 5.32 Å². The molecule has 2 N–H and O–H groups in total. The second-order valence-electron chi connectivity index (χ2n) is 4.49. The lowest BCUT2D eigenvalue weighted by Gasteiger charge is -2.09. The van der Waals surface area contributed by atoms with Gasteiger partial charge in [0.1, 0.15) is 10.8 Å². The van der Waals surface area contributed by atoms with E-state index >= 15 is 0 Å². The molecule has 0 atom stereocenters. The fourth-order valence-electron chi connectivity index (χ4n) is 1.84. The van der Waals surface area contributed by atoms with Crippen LogP contribution in [-0.4, -0.2) is 26.7 Å². The highest BCUT2D eigenvalue weighted by atomic mass is 32.2. The molecule has 0 fully saturated rings. The number of hydrogen-bond acceptors (Lipinski definition) is 6. The first-order chi connectivity index (χ1) is 11.4. The number of benzene rings is 1. The van der Waals surface area contributed by atoms with E-state index in [0.29, 0.717) is 0 Å². The van der Waals surface area contributed by atoms with Crippen LogP contribution in [0, 0.1) is 10.1 Å². The van der Waals surface area contributed by atoms with Gasteiger partial charge in [0.2, 0.25) is 0 Å². The number of rotatable bonds is 6. The highest BCUT2D eigenvalue weighted by molar-refractivity contribution is 7.99. The Hall–Kier alpha value is -2.75. The predicted octanol–water partition coefficient (Wildman–Crippen LogP) is 2.94. The number of phenolic OH excluding ortho intramolecular Hbond substituents is 1. The Labute approximate surface area is 138 Å². The van der Waals surface area contributed by atoms with Crippen molar-refractivity contribution in [2.45, 2.75) is 17.3 Å². The lowest BCUT2D eigenvalue weighted by Crippen LogP contribution is -2.23. The van der Waals surface area contributed by atoms with E-state index in [-0.39, 0.29) is 45.9 Å². The second-order valence-corrected chi connectivity index (χ2v) is 5.47. The van der Waals surface area contributed by atoms with Gasteiger partial charge in [-0.1, -0.05) is 0 Å². The van der Waals surface area contributed by atoms with Crippen LogP contribution in [0.3, 0.4) is 0 Å². The number of alkyl halides is 2. The Bertz CT molecular complexity index is 773. The first-order valence-electron chi connectivity index (χ1n) is 6.53. The summed E-state index contributed by atoms with van der Waals surface area (Å²) in [5, 5.41) is 22.7. The van der Waals surface area contributed by atoms with E-state index in [1.807, 2.05) is 0 Å². The number of nitrogens with zero attached hydrogens (tertiary/aromatic N) is 2. The van der Waals surface area contributed by atoms with E-state index in [1.54, 1.807) is 0 Å². The topological polar surface area (TPSA) is 105 Å². The average molecular weight is 355 g/mol. The highest BCUT2D eigenvalue weighted by Gasteiger charge is 2.17. The zero-order valence-electron chi connectivity index (χ0n) is 12.0. The zero-order valence-corrected chi connectivity index (χ0v) is 12.8. The number of amides is 1. The number of thioether (sulfide) groups is 1. The number of carbonyl (C=O) groups excluding carboxylic acids is 1. The fraction of sp³-hybridized carbons (Fsp3) is 0.143. The number of carbonyl (C=O) groups is 1. The van der Waals surface area contributed by atoms with Gasteiger partial charge in [0.05, 0.1) is 10.5 Å². The standard InChI is InChI=1S/C14H11F2N3O4S/c15-14(16)24-13-10(2-1-5-17-13)12(21)18-7-8-6-9(19(22)23)3-4-11(8)20/h1-6,14,20H,7H2,(H,18,21). The minimum Gasteiger partial charge on any atom is -0.508 e. The summed E-state index contributed by atoms with van der Waals surface area (Å²) in [4.78, 5) is 25.9. The first-order valence-corrected chi connectivity index (χ1v) is 7.40. The van der Waals surface area contributed by atoms with Gasteiger partial charge in [-0.2, -0.15) is 8.78 Å². The lowest BCUT2D eigenvalue weighted by molar-refractivity contribution is -0.384. The number of nitrogens with one attached hydrogen (secondary N) is 1. The van der Waals surface area contributed by atoms with Gasteiger partial charge in [0, 0.05) is 30.4 Å². The van der Waals surface area contributed by atoms with Crippen molar-refractivity contribution in [1.29, 1.82) is 0 Å². The summed E-state index contributed by atoms with van der Waals surface area (Å²) in [7, 11) is 0. The van der Waals surface area contributed by atoms with E-state index in [9.17, 15) is 28.8 Å². The van der Waals surface area contributed by atoms with Gasteiger partial charge in [-0.25, -0.2) is 4.98 Å². The molecule has 1 aromatic heterocycles. The van der Waals surface area contributed by atoms with Gasteiger partial charge in [-0.15, -0.1) is 0 Å². The molecular weight excluding hydrogens is 344 g/mol. The molecule has 1 aromatic carbocycles. The molecule has 126 valence electrons. The van der Waals surface area contributed by atoms with Crippen molar-refractivity contribution in [3.8, 4) is 5.75 Å². The van der Waals surface area contributed by atoms with Crippen LogP contribution in [0.2, 0.25) is 0 Å². The number of aromatic hydroxyl groups is 1. The molecule has 0 unspecified atom stereocenters. The van der Waals surface area contributed by atoms with E-state index in [1.165, 1.54) is 18.3 Å². The smallest absolute Gasteiger partial charge is 0.290 e. The first kappa shape index (κ1) is 17.6. The number of aromatic nitrogens is 1. The van der Waals surface area contributed by atoms with Crippen molar-refractivity contribution in [1.82, 2.24) is 10.3 Å². The monoisotopic (exact) mass is 355 g/mol. The predicted molar refractivity (Wildman–Crippen MR) is 82.0 cm³/mol. The van der Waals surface area contributed by atoms with E-state index in [0.717, 1.165) is 18.2 Å². The third-order valence-electron chi connectivity index (χ3n) is 2.93. The Morgan fingerprint density at radius 2 is 2.17 bits per heavy atom. The van der Waals surface area contributed by atoms with Gasteiger partial charge >= 0.3 is 0 Å². The Balaban J connectivity index is 2.14. The van der Waals surface area contributed by atoms with Gasteiger partial charge < -0.3 is 10.4 Å². The van der Waals surface area contributed by atoms with Gasteiger partial charge in [0.15, 0.2) is 0 Å². The molecule has 7 nitrogen and oxygen atoms in total. The van der Waals surface area contributed by atoms with E-state index in [2.05, 4.69) is 10.3 Å². The summed E-state index contributed by atoms with van der Waals surface area (Å²) < 4.78 is 25.0. The van der Waals surface area contributed by atoms with Crippen LogP contribution >= 0.6 is 11.8 Å². The summed E-state index contributed by atoms with van der Waals surface area (Å²) in [6, 6.07) is 6.14. The van der Waals surface area contributed by atoms with Crippen LogP contribution in [-0.2, 0) is 6.54 Å². The third-order valence-corrected chi connectivity index (χ3v) is 3.66. The molecule has 0 radical (unpaired) electrons. The van der Waals surface area contributed by atoms with Crippen molar-refractivity contribution in [3.05, 3.63) is 57.8 Å². The summed E-state index contributed by atoms with van der Waals surface area (Å²) in [6.07, 6.45) is 1.29. The Morgan fingerprint density at radius 1 is 1.42 bits per heavy atom. The van der Waals surface area contributed by atoms with Crippen LogP contribution in [0.4, 0.5) is 14.5 Å². The molecule has 0 spiro atoms. The van der Waals surface area contributed by atoms with Crippen molar-refractivity contribution in [2.75, 3.05) is 0 Å². The minimum absolute atomic E-state index is 0.0484. The minimum atomic E-state index is -2.73. The summed E-state index contributed by atoms with van der Waals surface area (Å²) >= 11 is 0.141. The van der Waals surface area contributed by atoms with Gasteiger partial charge in [-0.05, 0) is 30.0 Å². The summed E-state index contributed by atoms with van der Waals surface area (Å²) in [6.45, 7) is -0.208. The molecule has 0 bridgehead atoms. The maximum atomic E-state index is 12.5. The second kappa shape index (κ2) is 7.68. The SMILES string of the molecule is O=C(NCc1cc([N+](=O)[O-])ccc1O)c1cccnc1SC(F)F. The molecular formula is C14H11F2N3O4S. The Kier molecular flexibility index (Phi) is 5.64. The molecule has 0 saturated heterocycles. The number of nitro groups is 1. The maximum Gasteiger partial charge on any atom is 0.290 e. The normalized spacial score (nSPS) is 10.6. The molecule has 0 aliphatic heterocycles. The number of nitro benzene ring substituents is 1. The largest absolute Gasteiger partial charge is 0.508 e. The lowest BCUT2D eigenvalue weighted by atomic mass is 10.1. The van der Waals surface area contributed by atoms with Crippen LogP contribution in [0.5, 0.6) is 5.75 Å². The Morgan fingerprint density at radius 3 is 2.83 bits per heavy atom. The number of halogens is 2. The fourth-order valence-corrected chi connectivity index (χ4v) is 2.42. The molecule has 0 aliphatic carbocycles. The van der Waals surface area contributed by atoms with Crippen molar-refractivity contribution < 1.29 is 23.6 Å². The maximum absolute atomic E-state index is 12.5. The number of non-ortho nitro benzene ring substituents is 1. The average Bonchev–Trinajstić information content (AvgIpc) is 2.53.